The van der Waals surface area contributed by atoms with Gasteiger partial charge in [0, 0.05) is 12.6 Å². The number of anilines is 1. The number of aliphatic hydroxyl groups excluding tert-OH is 1. The molecule has 0 heterocycles. The first-order valence-corrected chi connectivity index (χ1v) is 7.49. The van der Waals surface area contributed by atoms with E-state index in [0.29, 0.717) is 12.8 Å². The topological polar surface area (TPSA) is 127 Å². The summed E-state index contributed by atoms with van der Waals surface area (Å²) in [6, 6.07) is 3.61. The number of aliphatic hydroxyl groups is 1. The average molecular weight is 301 g/mol. The number of rotatable bonds is 6. The quantitative estimate of drug-likeness (QED) is 0.442. The lowest BCUT2D eigenvalue weighted by Crippen LogP contribution is -2.35. The molecule has 1 aliphatic rings. The normalized spacial score (nSPS) is 15.5. The Labute approximate surface area is 116 Å². The monoisotopic (exact) mass is 301 g/mol. The predicted octanol–water partition coefficient (Wildman–Crippen LogP) is 0.322. The van der Waals surface area contributed by atoms with Crippen LogP contribution in [0.4, 0.5) is 11.4 Å². The van der Waals surface area contributed by atoms with Gasteiger partial charge in [-0.1, -0.05) is 6.07 Å². The van der Waals surface area contributed by atoms with Gasteiger partial charge in [0.2, 0.25) is 10.0 Å². The van der Waals surface area contributed by atoms with E-state index in [1.54, 1.807) is 0 Å². The Bertz CT molecular complexity index is 627. The lowest BCUT2D eigenvalue weighted by atomic mass is 10.3. The zero-order chi connectivity index (χ0) is 14.9. The summed E-state index contributed by atoms with van der Waals surface area (Å²) < 4.78 is 26.2. The van der Waals surface area contributed by atoms with Gasteiger partial charge in [-0.25, -0.2) is 8.42 Å². The second-order valence-corrected chi connectivity index (χ2v) is 6.38. The molecule has 1 fully saturated rings. The Kier molecular flexibility index (Phi) is 3.93. The van der Waals surface area contributed by atoms with Crippen LogP contribution in [0.25, 0.3) is 0 Å². The van der Waals surface area contributed by atoms with Crippen LogP contribution in [-0.2, 0) is 10.0 Å². The van der Waals surface area contributed by atoms with E-state index in [9.17, 15) is 18.5 Å². The molecule has 1 saturated carbocycles. The number of nitrogens with two attached hydrogens (primary N) is 1. The highest BCUT2D eigenvalue weighted by atomic mass is 32.2. The third-order valence-electron chi connectivity index (χ3n) is 3.07. The van der Waals surface area contributed by atoms with Crippen LogP contribution in [0.5, 0.6) is 0 Å². The molecule has 0 saturated heterocycles. The number of nitro groups is 1. The molecule has 0 aromatic heterocycles. The Hall–Kier alpha value is -1.71. The van der Waals surface area contributed by atoms with Gasteiger partial charge in [-0.2, -0.15) is 4.31 Å². The van der Waals surface area contributed by atoms with Crippen molar-refractivity contribution >= 4 is 21.4 Å². The van der Waals surface area contributed by atoms with Gasteiger partial charge in [-0.3, -0.25) is 10.1 Å². The minimum absolute atomic E-state index is 0.0844. The van der Waals surface area contributed by atoms with Crippen molar-refractivity contribution in [2.24, 2.45) is 0 Å². The van der Waals surface area contributed by atoms with Crippen LogP contribution in [0.3, 0.4) is 0 Å². The van der Waals surface area contributed by atoms with Crippen molar-refractivity contribution in [3.63, 3.8) is 0 Å². The summed E-state index contributed by atoms with van der Waals surface area (Å²) in [6.07, 6.45) is 1.38. The zero-order valence-corrected chi connectivity index (χ0v) is 11.4. The van der Waals surface area contributed by atoms with Gasteiger partial charge < -0.3 is 10.8 Å². The maximum Gasteiger partial charge on any atom is 0.312 e. The molecule has 1 aromatic carbocycles. The number of nitrogens with zero attached hydrogens (tertiary/aromatic N) is 2. The van der Waals surface area contributed by atoms with Crippen molar-refractivity contribution < 1.29 is 18.4 Å². The van der Waals surface area contributed by atoms with Gasteiger partial charge in [0.05, 0.1) is 11.5 Å². The van der Waals surface area contributed by atoms with E-state index in [4.69, 9.17) is 10.8 Å². The van der Waals surface area contributed by atoms with Gasteiger partial charge in [0.25, 0.3) is 0 Å². The van der Waals surface area contributed by atoms with Crippen LogP contribution < -0.4 is 5.73 Å². The highest BCUT2D eigenvalue weighted by Crippen LogP contribution is 2.36. The molecule has 0 unspecified atom stereocenters. The van der Waals surface area contributed by atoms with Crippen molar-refractivity contribution in [2.75, 3.05) is 18.9 Å². The molecular weight excluding hydrogens is 286 g/mol. The van der Waals surface area contributed by atoms with E-state index in [1.165, 1.54) is 12.1 Å². The fourth-order valence-electron chi connectivity index (χ4n) is 2.03. The predicted molar refractivity (Wildman–Crippen MR) is 71.5 cm³/mol. The molecule has 1 aromatic rings. The number of benzene rings is 1. The third kappa shape index (κ3) is 2.60. The number of hydrogen-bond acceptors (Lipinski definition) is 6. The summed E-state index contributed by atoms with van der Waals surface area (Å²) in [6.45, 7) is -0.426. The first-order valence-electron chi connectivity index (χ1n) is 6.05. The molecule has 0 bridgehead atoms. The van der Waals surface area contributed by atoms with Crippen molar-refractivity contribution in [1.82, 2.24) is 4.31 Å². The molecule has 110 valence electrons. The van der Waals surface area contributed by atoms with Crippen molar-refractivity contribution in [2.45, 2.75) is 23.8 Å². The van der Waals surface area contributed by atoms with E-state index >= 15 is 0 Å². The number of hydrogen-bond donors (Lipinski definition) is 2. The average Bonchev–Trinajstić information content (AvgIpc) is 3.19. The van der Waals surface area contributed by atoms with E-state index in [0.717, 1.165) is 10.4 Å². The van der Waals surface area contributed by atoms with Gasteiger partial charge in [-0.15, -0.1) is 0 Å². The molecular formula is C11H15N3O5S. The molecule has 0 amide bonds. The van der Waals surface area contributed by atoms with Crippen LogP contribution in [0.2, 0.25) is 0 Å². The molecule has 1 aliphatic carbocycles. The number of sulfonamides is 1. The van der Waals surface area contributed by atoms with E-state index in [-0.39, 0.29) is 24.9 Å². The van der Waals surface area contributed by atoms with Crippen LogP contribution in [0.1, 0.15) is 12.8 Å². The smallest absolute Gasteiger partial charge is 0.312 e. The van der Waals surface area contributed by atoms with Gasteiger partial charge in [-0.05, 0) is 25.0 Å². The molecule has 0 aliphatic heterocycles. The summed E-state index contributed by atoms with van der Waals surface area (Å²) in [4.78, 5) is 9.82. The number of para-hydroxylation sites is 1. The molecule has 0 radical (unpaired) electrons. The Balaban J connectivity index is 2.53. The molecule has 2 rings (SSSR count). The maximum absolute atomic E-state index is 12.5. The van der Waals surface area contributed by atoms with Crippen LogP contribution in [-0.4, -0.2) is 41.9 Å². The van der Waals surface area contributed by atoms with E-state index in [1.807, 2.05) is 0 Å². The van der Waals surface area contributed by atoms with Gasteiger partial charge in [0.1, 0.15) is 5.69 Å². The second kappa shape index (κ2) is 5.35. The van der Waals surface area contributed by atoms with Gasteiger partial charge >= 0.3 is 5.69 Å². The van der Waals surface area contributed by atoms with Crippen LogP contribution in [0, 0.1) is 10.1 Å². The molecule has 8 nitrogen and oxygen atoms in total. The summed E-state index contributed by atoms with van der Waals surface area (Å²) in [5, 5.41) is 20.0. The highest BCUT2D eigenvalue weighted by Gasteiger charge is 2.41. The number of nitro benzene ring substituents is 1. The Morgan fingerprint density at radius 3 is 2.60 bits per heavy atom. The zero-order valence-electron chi connectivity index (χ0n) is 10.6. The van der Waals surface area contributed by atoms with Crippen LogP contribution >= 0.6 is 0 Å². The molecule has 0 spiro atoms. The number of nitrogen functional groups attached to an aromatic ring is 1. The summed E-state index contributed by atoms with van der Waals surface area (Å²) >= 11 is 0. The largest absolute Gasteiger partial charge is 0.395 e. The van der Waals surface area contributed by atoms with Crippen molar-refractivity contribution in [3.05, 3.63) is 28.3 Å². The molecule has 0 atom stereocenters. The summed E-state index contributed by atoms with van der Waals surface area (Å²) in [5.74, 6) is 0. The fourth-order valence-corrected chi connectivity index (χ4v) is 3.89. The summed E-state index contributed by atoms with van der Waals surface area (Å²) in [5.41, 5.74) is 4.70. The van der Waals surface area contributed by atoms with Crippen LogP contribution in [0.15, 0.2) is 23.1 Å². The minimum Gasteiger partial charge on any atom is -0.395 e. The van der Waals surface area contributed by atoms with Crippen molar-refractivity contribution in [3.8, 4) is 0 Å². The van der Waals surface area contributed by atoms with E-state index < -0.39 is 25.5 Å². The van der Waals surface area contributed by atoms with E-state index in [2.05, 4.69) is 0 Å². The van der Waals surface area contributed by atoms with Gasteiger partial charge in [0.15, 0.2) is 4.90 Å². The Morgan fingerprint density at radius 1 is 1.45 bits per heavy atom. The molecule has 9 heteroatoms. The molecule has 20 heavy (non-hydrogen) atoms. The lowest BCUT2D eigenvalue weighted by Gasteiger charge is -2.20. The summed E-state index contributed by atoms with van der Waals surface area (Å²) in [7, 11) is -4.05. The fraction of sp³-hybridized carbons (Fsp3) is 0.455. The molecule has 3 N–H and O–H groups in total. The Morgan fingerprint density at radius 2 is 2.10 bits per heavy atom. The second-order valence-electron chi connectivity index (χ2n) is 4.52. The first-order chi connectivity index (χ1) is 9.39. The van der Waals surface area contributed by atoms with Crippen molar-refractivity contribution in [1.29, 1.82) is 0 Å². The SMILES string of the molecule is Nc1cccc(S(=O)(=O)N(CCO)C2CC2)c1[N+](=O)[O-]. The minimum atomic E-state index is -4.05. The lowest BCUT2D eigenvalue weighted by molar-refractivity contribution is -0.386. The standard InChI is InChI=1S/C11H15N3O5S/c12-9-2-1-3-10(11(9)14(16)17)20(18,19)13(6-7-15)8-4-5-8/h1-3,8,15H,4-7,12H2. The highest BCUT2D eigenvalue weighted by molar-refractivity contribution is 7.89. The maximum atomic E-state index is 12.5. The third-order valence-corrected chi connectivity index (χ3v) is 5.06. The first kappa shape index (κ1) is 14.7.